The van der Waals surface area contributed by atoms with Gasteiger partial charge in [-0.2, -0.15) is 0 Å². The van der Waals surface area contributed by atoms with Crippen molar-refractivity contribution in [2.24, 2.45) is 0 Å². The van der Waals surface area contributed by atoms with Gasteiger partial charge >= 0.3 is 81.3 Å². The third-order valence-corrected chi connectivity index (χ3v) is 0. The molecule has 25 valence electrons. The van der Waals surface area contributed by atoms with Crippen molar-refractivity contribution in [2.45, 2.75) is 0 Å². The summed E-state index contributed by atoms with van der Waals surface area (Å²) in [5, 5.41) is 0. The normalized spacial score (nSPS) is 0.800. The van der Waals surface area contributed by atoms with Crippen LogP contribution >= 0.6 is 9.29 Å². The van der Waals surface area contributed by atoms with Crippen molar-refractivity contribution in [1.82, 2.24) is 0 Å². The van der Waals surface area contributed by atoms with Crippen molar-refractivity contribution in [1.29, 1.82) is 0 Å². The molecule has 0 saturated carbocycles. The van der Waals surface area contributed by atoms with E-state index in [0.29, 0.717) is 0 Å². The third kappa shape index (κ3) is 18.2. The Kier molecular flexibility index (Phi) is 116. The molecule has 0 aromatic carbocycles. The average Bonchev–Trinajstić information content (AvgIpc) is 1.00. The van der Waals surface area contributed by atoms with Crippen LogP contribution in [-0.4, -0.2) is 20.6 Å². The Bertz CT molecular complexity index is 15.5. The van der Waals surface area contributed by atoms with Crippen LogP contribution < -0.4 is 51.4 Å². The first-order chi connectivity index (χ1) is 1.00. The van der Waals surface area contributed by atoms with Crippen molar-refractivity contribution >= 4 is 29.9 Å². The van der Waals surface area contributed by atoms with E-state index < -0.39 is 0 Å². The molecule has 0 N–H and O–H groups in total. The summed E-state index contributed by atoms with van der Waals surface area (Å²) < 4.78 is 0. The molecule has 3 radical (unpaired) electrons. The van der Waals surface area contributed by atoms with E-state index in [0.717, 1.165) is 20.6 Å². The molecule has 0 aliphatic heterocycles. The topological polar surface area (TPSA) is 0 Å². The van der Waals surface area contributed by atoms with E-state index in [2.05, 4.69) is 9.29 Å². The van der Waals surface area contributed by atoms with Gasteiger partial charge in [0.15, 0.2) is 0 Å². The van der Waals surface area contributed by atoms with Gasteiger partial charge in [-0.25, -0.2) is 0 Å². The van der Waals surface area contributed by atoms with Gasteiger partial charge < -0.3 is 1.43 Å². The molecule has 0 nitrogen and oxygen atoms in total. The molecule has 0 amide bonds. The zero-order chi connectivity index (χ0) is 2.00. The van der Waals surface area contributed by atoms with Crippen molar-refractivity contribution in [3.63, 3.8) is 0 Å². The first kappa shape index (κ1) is 23.2. The van der Waals surface area contributed by atoms with Crippen LogP contribution in [0.15, 0.2) is 0 Å². The second kappa shape index (κ2) is 25.0. The number of hydrogen-bond acceptors (Lipinski definition) is 1. The molecule has 0 heterocycles. The Morgan fingerprint density at radius 3 is 1.40 bits per heavy atom. The van der Waals surface area contributed by atoms with E-state index in [1.54, 1.807) is 0 Å². The third-order valence-electron chi connectivity index (χ3n) is 0. The average molecular weight is 320 g/mol. The summed E-state index contributed by atoms with van der Waals surface area (Å²) in [6.07, 6.45) is 0. The van der Waals surface area contributed by atoms with Crippen LogP contribution in [0.3, 0.4) is 0 Å². The van der Waals surface area contributed by atoms with E-state index in [-0.39, 0.29) is 89.4 Å². The minimum Gasteiger partial charge on any atom is 0 e. The predicted molar refractivity (Wildman–Crippen MR) is 14.5 cm³/mol. The Hall–Kier alpha value is 3.80. The van der Waals surface area contributed by atoms with Gasteiger partial charge in [0.05, 0.1) is 0 Å². The van der Waals surface area contributed by atoms with E-state index >= 15 is 0 Å². The molecule has 0 bridgehead atoms. The summed E-state index contributed by atoms with van der Waals surface area (Å²) in [6.45, 7) is 0. The van der Waals surface area contributed by atoms with Gasteiger partial charge in [0.25, 0.3) is 0 Å². The monoisotopic (exact) mass is 319 g/mol. The van der Waals surface area contributed by atoms with Gasteiger partial charge in [-0.3, -0.25) is 0 Å². The fraction of sp³-hybridized carbons (Fsp3) is 0. The van der Waals surface area contributed by atoms with E-state index in [1.807, 2.05) is 0 Å². The van der Waals surface area contributed by atoms with Crippen LogP contribution in [0.1, 0.15) is 1.43 Å². The number of rotatable bonds is 0. The Balaban J connectivity index is -0.000000000833. The van der Waals surface area contributed by atoms with Gasteiger partial charge in [-0.15, -0.1) is 0 Å². The van der Waals surface area contributed by atoms with E-state index in [9.17, 15) is 0 Å². The summed E-state index contributed by atoms with van der Waals surface area (Å²) in [7, 11) is 4.17. The fourth-order valence-corrected chi connectivity index (χ4v) is 0. The van der Waals surface area contributed by atoms with Gasteiger partial charge in [0.1, 0.15) is 0 Å². The van der Waals surface area contributed by atoms with Crippen molar-refractivity contribution in [3.8, 4) is 0 Å². The van der Waals surface area contributed by atoms with Crippen LogP contribution in [0.25, 0.3) is 0 Å². The van der Waals surface area contributed by atoms with Crippen molar-refractivity contribution in [3.05, 3.63) is 0 Å². The second-order valence-corrected chi connectivity index (χ2v) is 0. The number of hydrogen-bond donors (Lipinski definition) is 0. The summed E-state index contributed by atoms with van der Waals surface area (Å²) >= 11 is 1.13. The Labute approximate surface area is 116 Å². The molecule has 0 unspecified atom stereocenters. The molecular weight excluding hydrogens is 319 g/mol. The molecule has 0 aliphatic rings. The maximum absolute atomic E-state index is 4.17. The quantitative estimate of drug-likeness (QED) is 0.441. The minimum absolute atomic E-state index is 0. The van der Waals surface area contributed by atoms with E-state index in [4.69, 9.17) is 0 Å². The van der Waals surface area contributed by atoms with E-state index in [1.165, 1.54) is 0 Å². The minimum atomic E-state index is 0. The standard InChI is InChI=1S/Cu.K.S.Sn.Zn.H/q;+1;;;;-1. The van der Waals surface area contributed by atoms with Gasteiger partial charge in [-0.1, -0.05) is 0 Å². The molecule has 0 aromatic rings. The summed E-state index contributed by atoms with van der Waals surface area (Å²) in [5.74, 6) is 0. The van der Waals surface area contributed by atoms with Crippen molar-refractivity contribution in [2.75, 3.05) is 0 Å². The molecule has 0 rings (SSSR count). The summed E-state index contributed by atoms with van der Waals surface area (Å²) in [4.78, 5) is 0. The van der Waals surface area contributed by atoms with Crippen LogP contribution in [0.5, 0.6) is 0 Å². The predicted octanol–water partition coefficient (Wildman–Crippen LogP) is -2.62. The molecule has 0 aliphatic carbocycles. The molecule has 0 saturated heterocycles. The summed E-state index contributed by atoms with van der Waals surface area (Å²) in [5.41, 5.74) is 0. The molecule has 0 spiro atoms. The fourth-order valence-electron chi connectivity index (χ4n) is 0. The van der Waals surface area contributed by atoms with Crippen molar-refractivity contribution < 1.29 is 89.4 Å². The summed E-state index contributed by atoms with van der Waals surface area (Å²) in [6, 6.07) is 0. The first-order valence-corrected chi connectivity index (χ1v) is 4.11. The van der Waals surface area contributed by atoms with Crippen LogP contribution in [0, 0.1) is 0 Å². The van der Waals surface area contributed by atoms with Gasteiger partial charge in [-0.05, 0) is 0 Å². The Morgan fingerprint density at radius 2 is 1.40 bits per heavy atom. The Morgan fingerprint density at radius 1 is 1.40 bits per heavy atom. The maximum atomic E-state index is 4.17. The molecule has 5 heteroatoms. The first-order valence-electron chi connectivity index (χ1n) is 0.204. The molecular formula is HCuKSSnZn. The maximum Gasteiger partial charge on any atom is 0 e. The zero-order valence-corrected chi connectivity index (χ0v) is 13.6. The smallest absolute Gasteiger partial charge is 0 e. The molecule has 0 fully saturated rings. The van der Waals surface area contributed by atoms with Crippen LogP contribution in [0.2, 0.25) is 0 Å². The van der Waals surface area contributed by atoms with Gasteiger partial charge in [0, 0.05) is 36.5 Å². The molecule has 0 aromatic heterocycles. The zero-order valence-electron chi connectivity index (χ0n) is 3.92. The SMILES string of the molecule is [Cu].[H-].[K+].[S]=[Sn].[Zn]. The molecule has 0 atom stereocenters. The molecule has 5 heavy (non-hydrogen) atoms. The van der Waals surface area contributed by atoms with Gasteiger partial charge in [0.2, 0.25) is 0 Å². The second-order valence-electron chi connectivity index (χ2n) is 0. The van der Waals surface area contributed by atoms with Crippen LogP contribution in [-0.2, 0) is 36.5 Å². The van der Waals surface area contributed by atoms with Crippen LogP contribution in [0.4, 0.5) is 0 Å². The largest absolute Gasteiger partial charge is 0 e.